The molecule has 3 N–H and O–H groups in total. The Balaban J connectivity index is 0. The maximum Gasteiger partial charge on any atom is 0.254 e. The Morgan fingerprint density at radius 2 is 1.95 bits per heavy atom. The average Bonchev–Trinajstić information content (AvgIpc) is 2.46. The summed E-state index contributed by atoms with van der Waals surface area (Å²) >= 11 is 0. The lowest BCUT2D eigenvalue weighted by Crippen LogP contribution is -2.35. The standard InChI is InChI=1S/C15H25N3O2.2ClH/c1-4-18(5-2)11-12-7-6-8-13(9-12)17-15(19)14(10-16)20-3;;/h6-9,14H,4-5,10-11,16H2,1-3H3,(H,17,19);2*1H. The number of halogens is 2. The van der Waals surface area contributed by atoms with Crippen molar-refractivity contribution >= 4 is 36.4 Å². The third kappa shape index (κ3) is 7.42. The molecule has 0 saturated carbocycles. The Kier molecular flexibility index (Phi) is 13.5. The summed E-state index contributed by atoms with van der Waals surface area (Å²) < 4.78 is 5.02. The van der Waals surface area contributed by atoms with Crippen molar-refractivity contribution in [1.82, 2.24) is 4.90 Å². The molecule has 0 aliphatic rings. The van der Waals surface area contributed by atoms with Crippen LogP contribution in [-0.2, 0) is 16.1 Å². The van der Waals surface area contributed by atoms with E-state index in [9.17, 15) is 4.79 Å². The maximum absolute atomic E-state index is 11.9. The molecule has 0 heterocycles. The molecule has 0 aliphatic carbocycles. The van der Waals surface area contributed by atoms with E-state index in [0.717, 1.165) is 25.3 Å². The molecule has 1 rings (SSSR count). The van der Waals surface area contributed by atoms with Crippen LogP contribution in [0, 0.1) is 0 Å². The van der Waals surface area contributed by atoms with Crippen LogP contribution < -0.4 is 11.1 Å². The number of nitrogens with zero attached hydrogens (tertiary/aromatic N) is 1. The lowest BCUT2D eigenvalue weighted by Gasteiger charge is -2.19. The highest BCUT2D eigenvalue weighted by molar-refractivity contribution is 5.94. The molecule has 1 atom stereocenters. The number of carbonyl (C=O) groups is 1. The minimum absolute atomic E-state index is 0. The van der Waals surface area contributed by atoms with Crippen LogP contribution in [0.25, 0.3) is 0 Å². The molecule has 0 fully saturated rings. The van der Waals surface area contributed by atoms with Gasteiger partial charge in [-0.3, -0.25) is 9.69 Å². The fourth-order valence-corrected chi connectivity index (χ4v) is 1.99. The van der Waals surface area contributed by atoms with Crippen LogP contribution in [-0.4, -0.2) is 43.7 Å². The molecular weight excluding hydrogens is 325 g/mol. The monoisotopic (exact) mass is 351 g/mol. The van der Waals surface area contributed by atoms with Crippen molar-refractivity contribution in [2.75, 3.05) is 32.1 Å². The number of nitrogens with one attached hydrogen (secondary N) is 1. The molecule has 0 aliphatic heterocycles. The van der Waals surface area contributed by atoms with Gasteiger partial charge in [0.1, 0.15) is 6.10 Å². The van der Waals surface area contributed by atoms with E-state index in [4.69, 9.17) is 10.5 Å². The fraction of sp³-hybridized carbons (Fsp3) is 0.533. The molecule has 22 heavy (non-hydrogen) atoms. The summed E-state index contributed by atoms with van der Waals surface area (Å²) in [5.41, 5.74) is 7.42. The first-order valence-corrected chi connectivity index (χ1v) is 6.99. The molecule has 0 radical (unpaired) electrons. The summed E-state index contributed by atoms with van der Waals surface area (Å²) in [6.07, 6.45) is -0.610. The van der Waals surface area contributed by atoms with E-state index in [0.29, 0.717) is 0 Å². The van der Waals surface area contributed by atoms with Crippen molar-refractivity contribution in [2.24, 2.45) is 5.73 Å². The number of amides is 1. The quantitative estimate of drug-likeness (QED) is 0.753. The van der Waals surface area contributed by atoms with Crippen LogP contribution in [0.5, 0.6) is 0 Å². The summed E-state index contributed by atoms with van der Waals surface area (Å²) in [7, 11) is 1.48. The lowest BCUT2D eigenvalue weighted by atomic mass is 10.2. The third-order valence-corrected chi connectivity index (χ3v) is 3.29. The SMILES string of the molecule is CCN(CC)Cc1cccc(NC(=O)C(CN)OC)c1.Cl.Cl. The molecule has 0 saturated heterocycles. The van der Waals surface area contributed by atoms with Gasteiger partial charge in [0, 0.05) is 25.9 Å². The lowest BCUT2D eigenvalue weighted by molar-refractivity contribution is -0.125. The van der Waals surface area contributed by atoms with Gasteiger partial charge in [-0.1, -0.05) is 26.0 Å². The normalized spacial score (nSPS) is 11.3. The van der Waals surface area contributed by atoms with Gasteiger partial charge in [-0.15, -0.1) is 24.8 Å². The van der Waals surface area contributed by atoms with Gasteiger partial charge in [-0.2, -0.15) is 0 Å². The Morgan fingerprint density at radius 1 is 1.32 bits per heavy atom. The Labute approximate surface area is 145 Å². The molecule has 1 aromatic carbocycles. The summed E-state index contributed by atoms with van der Waals surface area (Å²) in [4.78, 5) is 14.2. The second-order valence-electron chi connectivity index (χ2n) is 4.61. The number of ether oxygens (including phenoxy) is 1. The van der Waals surface area contributed by atoms with Crippen LogP contribution in [0.3, 0.4) is 0 Å². The van der Waals surface area contributed by atoms with Gasteiger partial charge in [0.15, 0.2) is 0 Å². The van der Waals surface area contributed by atoms with E-state index in [1.165, 1.54) is 12.7 Å². The van der Waals surface area contributed by atoms with E-state index in [1.54, 1.807) is 0 Å². The van der Waals surface area contributed by atoms with Crippen molar-refractivity contribution in [3.63, 3.8) is 0 Å². The van der Waals surface area contributed by atoms with Crippen LogP contribution in [0.1, 0.15) is 19.4 Å². The average molecular weight is 352 g/mol. The van der Waals surface area contributed by atoms with Gasteiger partial charge < -0.3 is 15.8 Å². The smallest absolute Gasteiger partial charge is 0.254 e. The van der Waals surface area contributed by atoms with E-state index < -0.39 is 6.10 Å². The topological polar surface area (TPSA) is 67.6 Å². The number of anilines is 1. The van der Waals surface area contributed by atoms with Gasteiger partial charge in [0.05, 0.1) is 0 Å². The number of rotatable bonds is 8. The molecule has 1 unspecified atom stereocenters. The van der Waals surface area contributed by atoms with Crippen molar-refractivity contribution in [1.29, 1.82) is 0 Å². The first-order valence-electron chi connectivity index (χ1n) is 6.99. The molecule has 0 aromatic heterocycles. The van der Waals surface area contributed by atoms with E-state index >= 15 is 0 Å². The van der Waals surface area contributed by atoms with E-state index in [-0.39, 0.29) is 37.3 Å². The zero-order chi connectivity index (χ0) is 15.0. The van der Waals surface area contributed by atoms with Gasteiger partial charge >= 0.3 is 0 Å². The van der Waals surface area contributed by atoms with Crippen molar-refractivity contribution < 1.29 is 9.53 Å². The second kappa shape index (κ2) is 12.7. The highest BCUT2D eigenvalue weighted by Gasteiger charge is 2.15. The second-order valence-corrected chi connectivity index (χ2v) is 4.61. The Hall–Kier alpha value is -0.850. The van der Waals surface area contributed by atoms with Gasteiger partial charge in [0.2, 0.25) is 0 Å². The van der Waals surface area contributed by atoms with Crippen LogP contribution >= 0.6 is 24.8 Å². The molecule has 128 valence electrons. The first kappa shape index (κ1) is 23.4. The molecule has 1 amide bonds. The molecular formula is C15H27Cl2N3O2. The molecule has 5 nitrogen and oxygen atoms in total. The van der Waals surface area contributed by atoms with E-state index in [2.05, 4.69) is 30.1 Å². The molecule has 7 heteroatoms. The third-order valence-electron chi connectivity index (χ3n) is 3.29. The zero-order valence-corrected chi connectivity index (χ0v) is 15.0. The summed E-state index contributed by atoms with van der Waals surface area (Å²) in [5, 5.41) is 2.83. The predicted octanol–water partition coefficient (Wildman–Crippen LogP) is 2.28. The highest BCUT2D eigenvalue weighted by Crippen LogP contribution is 2.13. The fourth-order valence-electron chi connectivity index (χ4n) is 1.99. The van der Waals surface area contributed by atoms with Crippen LogP contribution in [0.4, 0.5) is 5.69 Å². The number of benzene rings is 1. The Bertz CT molecular complexity index is 425. The molecule has 0 bridgehead atoms. The van der Waals surface area contributed by atoms with Crippen molar-refractivity contribution in [3.8, 4) is 0 Å². The molecule has 0 spiro atoms. The largest absolute Gasteiger partial charge is 0.370 e. The number of methoxy groups -OCH3 is 1. The van der Waals surface area contributed by atoms with Crippen molar-refractivity contribution in [3.05, 3.63) is 29.8 Å². The van der Waals surface area contributed by atoms with E-state index in [1.807, 2.05) is 18.2 Å². The summed E-state index contributed by atoms with van der Waals surface area (Å²) in [6.45, 7) is 7.33. The summed E-state index contributed by atoms with van der Waals surface area (Å²) in [6, 6.07) is 7.86. The van der Waals surface area contributed by atoms with Gasteiger partial charge in [-0.05, 0) is 30.8 Å². The number of hydrogen-bond donors (Lipinski definition) is 2. The molecule has 1 aromatic rings. The number of nitrogens with two attached hydrogens (primary N) is 1. The van der Waals surface area contributed by atoms with Crippen LogP contribution in [0.15, 0.2) is 24.3 Å². The summed E-state index contributed by atoms with van der Waals surface area (Å²) in [5.74, 6) is -0.213. The Morgan fingerprint density at radius 3 is 2.45 bits per heavy atom. The van der Waals surface area contributed by atoms with Crippen LogP contribution in [0.2, 0.25) is 0 Å². The van der Waals surface area contributed by atoms with Crippen molar-refractivity contribution in [2.45, 2.75) is 26.5 Å². The number of carbonyl (C=O) groups excluding carboxylic acids is 1. The van der Waals surface area contributed by atoms with Gasteiger partial charge in [0.25, 0.3) is 5.91 Å². The number of hydrogen-bond acceptors (Lipinski definition) is 4. The first-order chi connectivity index (χ1) is 9.64. The predicted molar refractivity (Wildman–Crippen MR) is 96.0 cm³/mol. The minimum atomic E-state index is -0.610. The van der Waals surface area contributed by atoms with Gasteiger partial charge in [-0.25, -0.2) is 0 Å². The zero-order valence-electron chi connectivity index (χ0n) is 13.4. The minimum Gasteiger partial charge on any atom is -0.370 e. The maximum atomic E-state index is 11.9. The highest BCUT2D eigenvalue weighted by atomic mass is 35.5.